The normalized spacial score (nSPS) is 20.2. The molecule has 4 rings (SSSR count). The molecule has 0 bridgehead atoms. The summed E-state index contributed by atoms with van der Waals surface area (Å²) in [5.41, 5.74) is 4.95. The number of aryl methyl sites for hydroxylation is 1. The van der Waals surface area contributed by atoms with Crippen LogP contribution in [0.25, 0.3) is 0 Å². The molecule has 0 radical (unpaired) electrons. The van der Waals surface area contributed by atoms with Crippen molar-refractivity contribution in [1.82, 2.24) is 34.6 Å². The number of hydrogen-bond donors (Lipinski definition) is 2. The molecule has 3 aromatic heterocycles. The second-order valence-electron chi connectivity index (χ2n) is 7.18. The molecule has 1 aliphatic heterocycles. The number of carboxylic acid groups (broad SMARTS) is 1. The van der Waals surface area contributed by atoms with E-state index in [9.17, 15) is 18.0 Å². The Bertz CT molecular complexity index is 1120. The number of aromatic nitrogens is 7. The maximum atomic E-state index is 15.9. The van der Waals surface area contributed by atoms with Crippen LogP contribution in [0.3, 0.4) is 0 Å². The topological polar surface area (TPSA) is 147 Å². The van der Waals surface area contributed by atoms with E-state index in [0.29, 0.717) is 12.2 Å². The van der Waals surface area contributed by atoms with Gasteiger partial charge in [-0.15, -0.1) is 5.10 Å². The molecule has 172 valence electrons. The fourth-order valence-electron chi connectivity index (χ4n) is 3.39. The first-order valence-electron chi connectivity index (χ1n) is 9.09. The summed E-state index contributed by atoms with van der Waals surface area (Å²) in [7, 11) is 1.83. The summed E-state index contributed by atoms with van der Waals surface area (Å²) in [5.74, 6) is -3.51. The molecule has 0 saturated carbocycles. The molecule has 0 spiro atoms. The monoisotopic (exact) mass is 458 g/mol. The maximum absolute atomic E-state index is 15.9. The highest BCUT2D eigenvalue weighted by atomic mass is 19.4. The number of aliphatic carboxylic acids is 1. The molecule has 0 aromatic carbocycles. The van der Waals surface area contributed by atoms with E-state index in [1.807, 2.05) is 13.2 Å². The summed E-state index contributed by atoms with van der Waals surface area (Å²) in [5, 5.41) is 23.0. The van der Waals surface area contributed by atoms with Gasteiger partial charge in [0.15, 0.2) is 11.4 Å². The first-order valence-corrected chi connectivity index (χ1v) is 9.09. The number of fused-ring (bicyclic) bond motifs is 1. The lowest BCUT2D eigenvalue weighted by atomic mass is 9.83. The van der Waals surface area contributed by atoms with Gasteiger partial charge in [-0.25, -0.2) is 13.9 Å². The van der Waals surface area contributed by atoms with Crippen molar-refractivity contribution in [3.8, 4) is 0 Å². The van der Waals surface area contributed by atoms with Crippen LogP contribution in [0.15, 0.2) is 30.9 Å². The van der Waals surface area contributed by atoms with Gasteiger partial charge in [-0.2, -0.15) is 23.4 Å². The number of carboxylic acids is 1. The van der Waals surface area contributed by atoms with Crippen molar-refractivity contribution >= 4 is 11.9 Å². The fraction of sp³-hybridized carbons (Fsp3) is 0.412. The third kappa shape index (κ3) is 4.92. The zero-order valence-corrected chi connectivity index (χ0v) is 16.6. The van der Waals surface area contributed by atoms with Crippen molar-refractivity contribution in [2.45, 2.75) is 37.3 Å². The van der Waals surface area contributed by atoms with Crippen molar-refractivity contribution < 1.29 is 32.3 Å². The van der Waals surface area contributed by atoms with Crippen LogP contribution in [-0.2, 0) is 30.6 Å². The molecule has 0 fully saturated rings. The van der Waals surface area contributed by atoms with Gasteiger partial charge >= 0.3 is 12.1 Å². The molecular formula is C17H18F4N8O3. The number of nitrogens with zero attached hydrogens (tertiary/aromatic N) is 7. The molecule has 4 heterocycles. The number of carbonyl (C=O) groups excluding carboxylic acids is 1. The maximum Gasteiger partial charge on any atom is 0.490 e. The highest BCUT2D eigenvalue weighted by Gasteiger charge is 2.43. The quantitative estimate of drug-likeness (QED) is 0.554. The number of alkyl halides is 4. The van der Waals surface area contributed by atoms with Gasteiger partial charge in [-0.05, 0) is 18.1 Å². The van der Waals surface area contributed by atoms with E-state index < -0.39 is 23.7 Å². The summed E-state index contributed by atoms with van der Waals surface area (Å²) >= 11 is 0. The summed E-state index contributed by atoms with van der Waals surface area (Å²) in [4.78, 5) is 20.1. The van der Waals surface area contributed by atoms with E-state index in [2.05, 4.69) is 20.5 Å². The summed E-state index contributed by atoms with van der Waals surface area (Å²) < 4.78 is 52.4. The highest BCUT2D eigenvalue weighted by molar-refractivity contribution is 5.90. The second kappa shape index (κ2) is 8.39. The predicted octanol–water partition coefficient (Wildman–Crippen LogP) is 0.993. The molecule has 2 atom stereocenters. The van der Waals surface area contributed by atoms with Gasteiger partial charge in [0.25, 0.3) is 5.91 Å². The zero-order chi connectivity index (χ0) is 23.7. The minimum atomic E-state index is -5.08. The third-order valence-corrected chi connectivity index (χ3v) is 4.78. The Morgan fingerprint density at radius 2 is 2.00 bits per heavy atom. The first kappa shape index (κ1) is 22.9. The molecule has 1 amide bonds. The number of primary amides is 1. The molecule has 32 heavy (non-hydrogen) atoms. The number of hydrogen-bond acceptors (Lipinski definition) is 6. The summed E-state index contributed by atoms with van der Waals surface area (Å²) in [6.07, 6.45) is 1.76. The van der Waals surface area contributed by atoms with E-state index >= 15 is 4.39 Å². The second-order valence-corrected chi connectivity index (χ2v) is 7.18. The molecule has 11 nitrogen and oxygen atoms in total. The van der Waals surface area contributed by atoms with Gasteiger partial charge in [-0.1, -0.05) is 5.21 Å². The lowest BCUT2D eigenvalue weighted by Gasteiger charge is -2.35. The van der Waals surface area contributed by atoms with Crippen molar-refractivity contribution in [3.05, 3.63) is 47.8 Å². The van der Waals surface area contributed by atoms with Crippen LogP contribution < -0.4 is 5.73 Å². The molecule has 0 aliphatic carbocycles. The Labute approximate surface area is 177 Å². The summed E-state index contributed by atoms with van der Waals surface area (Å²) in [6, 6.07) is 1.67. The standard InChI is InChI=1S/C15H17FN8O.C2HF3O2/c1-22-6-11(5-19-22)10-4-15(16,13-2-3-18-24(13)7-10)9-23-8-12(14(17)25)20-21-23;3-2(4,5)1(6)7/h2-3,5-6,8,10H,4,7,9H2,1H3,(H2,17,25);(H,6,7). The van der Waals surface area contributed by atoms with Crippen LogP contribution in [-0.4, -0.2) is 57.7 Å². The summed E-state index contributed by atoms with van der Waals surface area (Å²) in [6.45, 7) is 0.513. The highest BCUT2D eigenvalue weighted by Crippen LogP contribution is 2.42. The van der Waals surface area contributed by atoms with Crippen LogP contribution >= 0.6 is 0 Å². The molecule has 3 aromatic rings. The SMILES string of the molecule is Cn1cc(C2Cn3nccc3C(F)(Cn3cc(C(N)=O)nn3)C2)cn1.O=C(O)C(F)(F)F. The molecule has 1 aliphatic rings. The number of amides is 1. The van der Waals surface area contributed by atoms with Crippen LogP contribution in [0.2, 0.25) is 0 Å². The zero-order valence-electron chi connectivity index (χ0n) is 16.6. The first-order chi connectivity index (χ1) is 14.9. The molecular weight excluding hydrogens is 440 g/mol. The molecule has 3 N–H and O–H groups in total. The lowest BCUT2D eigenvalue weighted by molar-refractivity contribution is -0.192. The van der Waals surface area contributed by atoms with Gasteiger partial charge in [-0.3, -0.25) is 14.2 Å². The van der Waals surface area contributed by atoms with Gasteiger partial charge in [0.2, 0.25) is 0 Å². The Morgan fingerprint density at radius 1 is 1.31 bits per heavy atom. The Kier molecular flexibility index (Phi) is 6.00. The minimum Gasteiger partial charge on any atom is -0.475 e. The molecule has 15 heteroatoms. The Balaban J connectivity index is 0.000000360. The van der Waals surface area contributed by atoms with E-state index in [1.165, 1.54) is 10.9 Å². The van der Waals surface area contributed by atoms with E-state index in [1.54, 1.807) is 27.8 Å². The van der Waals surface area contributed by atoms with Crippen molar-refractivity contribution in [3.63, 3.8) is 0 Å². The van der Waals surface area contributed by atoms with Crippen LogP contribution in [0.1, 0.15) is 34.1 Å². The Morgan fingerprint density at radius 3 is 2.53 bits per heavy atom. The van der Waals surface area contributed by atoms with Crippen LogP contribution in [0, 0.1) is 0 Å². The largest absolute Gasteiger partial charge is 0.490 e. The van der Waals surface area contributed by atoms with Gasteiger partial charge in [0.1, 0.15) is 0 Å². The Hall–Kier alpha value is -3.78. The smallest absolute Gasteiger partial charge is 0.475 e. The number of carbonyl (C=O) groups is 2. The van der Waals surface area contributed by atoms with E-state index in [0.717, 1.165) is 5.56 Å². The average molecular weight is 458 g/mol. The fourth-order valence-corrected chi connectivity index (χ4v) is 3.39. The molecule has 0 saturated heterocycles. The van der Waals surface area contributed by atoms with Crippen molar-refractivity contribution in [2.24, 2.45) is 12.8 Å². The third-order valence-electron chi connectivity index (χ3n) is 4.78. The van der Waals surface area contributed by atoms with Gasteiger partial charge < -0.3 is 10.8 Å². The van der Waals surface area contributed by atoms with Crippen molar-refractivity contribution in [1.29, 1.82) is 0 Å². The van der Waals surface area contributed by atoms with E-state index in [4.69, 9.17) is 15.6 Å². The number of halogens is 4. The van der Waals surface area contributed by atoms with Crippen LogP contribution in [0.4, 0.5) is 17.6 Å². The number of rotatable bonds is 4. The number of nitrogens with two attached hydrogens (primary N) is 1. The minimum absolute atomic E-state index is 0.0109. The lowest BCUT2D eigenvalue weighted by Crippen LogP contribution is -2.37. The average Bonchev–Trinajstić information content (AvgIpc) is 3.41. The van der Waals surface area contributed by atoms with E-state index in [-0.39, 0.29) is 24.6 Å². The molecule has 2 unspecified atom stereocenters. The van der Waals surface area contributed by atoms with Crippen LogP contribution in [0.5, 0.6) is 0 Å². The van der Waals surface area contributed by atoms with Gasteiger partial charge in [0.05, 0.1) is 24.6 Å². The van der Waals surface area contributed by atoms with Crippen molar-refractivity contribution in [2.75, 3.05) is 0 Å². The van der Waals surface area contributed by atoms with Gasteiger partial charge in [0, 0.05) is 31.9 Å². The predicted molar refractivity (Wildman–Crippen MR) is 97.8 cm³/mol.